The Morgan fingerprint density at radius 2 is 1.83 bits per heavy atom. The molecule has 1 aromatic carbocycles. The number of amides is 1. The molecule has 0 aliphatic heterocycles. The Kier molecular flexibility index (Phi) is 4.66. The molecule has 0 atom stereocenters. The summed E-state index contributed by atoms with van der Waals surface area (Å²) >= 11 is 0. The predicted octanol–water partition coefficient (Wildman–Crippen LogP) is 2.91. The molecule has 6 heteroatoms. The summed E-state index contributed by atoms with van der Waals surface area (Å²) < 4.78 is 26.5. The second-order valence-electron chi connectivity index (χ2n) is 6.07. The van der Waals surface area contributed by atoms with E-state index < -0.39 is 15.9 Å². The van der Waals surface area contributed by atoms with E-state index in [1.807, 2.05) is 35.3 Å². The summed E-state index contributed by atoms with van der Waals surface area (Å²) in [4.78, 5) is 12.1. The first kappa shape index (κ1) is 17.3. The zero-order chi connectivity index (χ0) is 17.4. The van der Waals surface area contributed by atoms with Gasteiger partial charge in [0.2, 0.25) is 10.0 Å². The number of benzene rings is 1. The van der Waals surface area contributed by atoms with E-state index in [0.29, 0.717) is 17.2 Å². The minimum atomic E-state index is -3.58. The van der Waals surface area contributed by atoms with Crippen LogP contribution in [0.4, 0.5) is 0 Å². The van der Waals surface area contributed by atoms with E-state index in [0.717, 1.165) is 17.6 Å². The summed E-state index contributed by atoms with van der Waals surface area (Å²) in [6.45, 7) is 7.96. The minimum Gasteiger partial charge on any atom is -0.318 e. The Hall–Kier alpha value is -2.08. The quantitative estimate of drug-likeness (QED) is 0.935. The lowest BCUT2D eigenvalue weighted by atomic mass is 10.0. The first-order valence-electron chi connectivity index (χ1n) is 7.41. The lowest BCUT2D eigenvalue weighted by Gasteiger charge is -2.13. The van der Waals surface area contributed by atoms with Gasteiger partial charge >= 0.3 is 0 Å². The number of rotatable bonds is 4. The van der Waals surface area contributed by atoms with Crippen LogP contribution in [0.1, 0.15) is 47.1 Å². The van der Waals surface area contributed by atoms with Gasteiger partial charge in [0.1, 0.15) is 0 Å². The Morgan fingerprint density at radius 1 is 1.17 bits per heavy atom. The van der Waals surface area contributed by atoms with Gasteiger partial charge < -0.3 is 4.57 Å². The molecule has 0 aliphatic carbocycles. The Labute approximate surface area is 137 Å². The molecule has 124 valence electrons. The first-order chi connectivity index (χ1) is 10.6. The molecule has 0 saturated carbocycles. The maximum atomic E-state index is 12.1. The molecule has 0 radical (unpaired) electrons. The Balaban J connectivity index is 2.50. The number of carbonyl (C=O) groups is 1. The highest BCUT2D eigenvalue weighted by Crippen LogP contribution is 2.24. The number of aromatic nitrogens is 1. The van der Waals surface area contributed by atoms with E-state index in [1.54, 1.807) is 6.07 Å². The number of sulfonamides is 1. The van der Waals surface area contributed by atoms with E-state index in [9.17, 15) is 13.2 Å². The van der Waals surface area contributed by atoms with Gasteiger partial charge in [-0.1, -0.05) is 26.0 Å². The van der Waals surface area contributed by atoms with E-state index in [4.69, 9.17) is 0 Å². The van der Waals surface area contributed by atoms with Crippen LogP contribution in [0.15, 0.2) is 30.3 Å². The van der Waals surface area contributed by atoms with Gasteiger partial charge in [-0.25, -0.2) is 13.1 Å². The van der Waals surface area contributed by atoms with E-state index in [2.05, 4.69) is 26.0 Å². The molecule has 23 heavy (non-hydrogen) atoms. The molecule has 0 unspecified atom stereocenters. The minimum absolute atomic E-state index is 0.364. The monoisotopic (exact) mass is 334 g/mol. The molecule has 1 heterocycles. The fourth-order valence-corrected chi connectivity index (χ4v) is 3.08. The molecule has 0 spiro atoms. The van der Waals surface area contributed by atoms with Crippen molar-refractivity contribution in [2.75, 3.05) is 6.26 Å². The predicted molar refractivity (Wildman–Crippen MR) is 91.6 cm³/mol. The number of hydrogen-bond acceptors (Lipinski definition) is 3. The normalized spacial score (nSPS) is 11.7. The van der Waals surface area contributed by atoms with Gasteiger partial charge in [-0.2, -0.15) is 0 Å². The highest BCUT2D eigenvalue weighted by molar-refractivity contribution is 7.89. The fourth-order valence-electron chi connectivity index (χ4n) is 2.64. The summed E-state index contributed by atoms with van der Waals surface area (Å²) in [7, 11) is -3.58. The lowest BCUT2D eigenvalue weighted by molar-refractivity contribution is 0.0981. The molecule has 1 amide bonds. The third-order valence-corrected chi connectivity index (χ3v) is 4.31. The lowest BCUT2D eigenvalue weighted by Crippen LogP contribution is -2.29. The summed E-state index contributed by atoms with van der Waals surface area (Å²) in [6.07, 6.45) is 0.968. The first-order valence-corrected chi connectivity index (χ1v) is 9.30. The Bertz CT molecular complexity index is 849. The molecule has 0 saturated heterocycles. The van der Waals surface area contributed by atoms with E-state index in [1.165, 1.54) is 5.56 Å². The number of carbonyl (C=O) groups excluding carboxylic acids is 1. The Morgan fingerprint density at radius 3 is 2.39 bits per heavy atom. The van der Waals surface area contributed by atoms with E-state index >= 15 is 0 Å². The van der Waals surface area contributed by atoms with Crippen LogP contribution in [-0.2, 0) is 10.0 Å². The van der Waals surface area contributed by atoms with Crippen LogP contribution in [0.5, 0.6) is 0 Å². The van der Waals surface area contributed by atoms with Gasteiger partial charge in [0.25, 0.3) is 5.91 Å². The van der Waals surface area contributed by atoms with Gasteiger partial charge in [-0.3, -0.25) is 4.79 Å². The van der Waals surface area contributed by atoms with Gasteiger partial charge in [-0.15, -0.1) is 0 Å². The van der Waals surface area contributed by atoms with Crippen LogP contribution >= 0.6 is 0 Å². The van der Waals surface area contributed by atoms with Crippen LogP contribution in [0.3, 0.4) is 0 Å². The highest BCUT2D eigenvalue weighted by atomic mass is 32.2. The van der Waals surface area contributed by atoms with Crippen molar-refractivity contribution in [3.05, 3.63) is 52.8 Å². The summed E-state index contributed by atoms with van der Waals surface area (Å²) in [5.74, 6) is -0.203. The molecule has 1 N–H and O–H groups in total. The third-order valence-electron chi connectivity index (χ3n) is 3.75. The molecular formula is C17H22N2O3S. The zero-order valence-corrected chi connectivity index (χ0v) is 14.9. The second kappa shape index (κ2) is 6.20. The van der Waals surface area contributed by atoms with Crippen molar-refractivity contribution < 1.29 is 13.2 Å². The van der Waals surface area contributed by atoms with Crippen LogP contribution in [0.25, 0.3) is 5.69 Å². The topological polar surface area (TPSA) is 68.2 Å². The maximum absolute atomic E-state index is 12.1. The van der Waals surface area contributed by atoms with Crippen LogP contribution in [0.2, 0.25) is 0 Å². The van der Waals surface area contributed by atoms with Gasteiger partial charge in [-0.05, 0) is 43.5 Å². The third kappa shape index (κ3) is 3.82. The van der Waals surface area contributed by atoms with Crippen molar-refractivity contribution in [1.29, 1.82) is 0 Å². The average Bonchev–Trinajstić information content (AvgIpc) is 2.72. The molecule has 0 bridgehead atoms. The number of aryl methyl sites for hydroxylation is 1. The zero-order valence-electron chi connectivity index (χ0n) is 14.0. The summed E-state index contributed by atoms with van der Waals surface area (Å²) in [5.41, 5.74) is 4.12. The van der Waals surface area contributed by atoms with E-state index in [-0.39, 0.29) is 0 Å². The number of nitrogens with one attached hydrogen (secondary N) is 1. The second-order valence-corrected chi connectivity index (χ2v) is 7.82. The van der Waals surface area contributed by atoms with Crippen molar-refractivity contribution in [3.8, 4) is 5.69 Å². The molecule has 2 rings (SSSR count). The maximum Gasteiger partial charge on any atom is 0.266 e. The smallest absolute Gasteiger partial charge is 0.266 e. The molecule has 0 fully saturated rings. The van der Waals surface area contributed by atoms with Crippen molar-refractivity contribution >= 4 is 15.9 Å². The average molecular weight is 334 g/mol. The van der Waals surface area contributed by atoms with Crippen molar-refractivity contribution in [2.45, 2.75) is 33.6 Å². The largest absolute Gasteiger partial charge is 0.318 e. The fraction of sp³-hybridized carbons (Fsp3) is 0.353. The molecule has 0 aliphatic rings. The highest BCUT2D eigenvalue weighted by Gasteiger charge is 2.19. The molecule has 2 aromatic rings. The van der Waals surface area contributed by atoms with Gasteiger partial charge in [0.05, 0.1) is 11.8 Å². The summed E-state index contributed by atoms with van der Waals surface area (Å²) in [5, 5.41) is 0. The number of nitrogens with zero attached hydrogens (tertiary/aromatic N) is 1. The molecular weight excluding hydrogens is 312 g/mol. The van der Waals surface area contributed by atoms with Crippen LogP contribution in [-0.4, -0.2) is 25.1 Å². The molecule has 5 nitrogen and oxygen atoms in total. The SMILES string of the molecule is Cc1cc(C(=O)NS(C)(=O)=O)c(C)n1-c1cccc(C(C)C)c1. The summed E-state index contributed by atoms with van der Waals surface area (Å²) in [6, 6.07) is 9.82. The van der Waals surface area contributed by atoms with Crippen molar-refractivity contribution in [2.24, 2.45) is 0 Å². The standard InChI is InChI=1S/C17H22N2O3S/c1-11(2)14-7-6-8-15(10-14)19-12(3)9-16(13(19)4)17(20)18-23(5,21)22/h6-11H,1-5H3,(H,18,20). The number of hydrogen-bond donors (Lipinski definition) is 1. The van der Waals surface area contributed by atoms with Crippen molar-refractivity contribution in [3.63, 3.8) is 0 Å². The molecule has 1 aromatic heterocycles. The van der Waals surface area contributed by atoms with Crippen LogP contribution in [0, 0.1) is 13.8 Å². The van der Waals surface area contributed by atoms with Crippen LogP contribution < -0.4 is 4.72 Å². The van der Waals surface area contributed by atoms with Gasteiger partial charge in [0.15, 0.2) is 0 Å². The van der Waals surface area contributed by atoms with Gasteiger partial charge in [0, 0.05) is 17.1 Å². The van der Waals surface area contributed by atoms with Crippen molar-refractivity contribution in [1.82, 2.24) is 9.29 Å².